The minimum absolute atomic E-state index is 0. The van der Waals surface area contributed by atoms with E-state index < -0.39 is 0 Å². The summed E-state index contributed by atoms with van der Waals surface area (Å²) in [6.07, 6.45) is 3.42. The number of thioether (sulfide) groups is 1. The van der Waals surface area contributed by atoms with E-state index in [0.29, 0.717) is 19.0 Å². The standard InChI is InChI=1S/C20H28N4O2S.ClH/c1-27-18-4-2-16(3-5-18)24-13-15(12-19(24)25)20(26)23-9-6-17(14-23)22-10-7-21-8-11-22;/h2-5,15,17,21H,6-14H2,1H3;1H. The third-order valence-corrected chi connectivity index (χ3v) is 6.74. The fourth-order valence-corrected chi connectivity index (χ4v) is 4.84. The molecule has 0 bridgehead atoms. The van der Waals surface area contributed by atoms with Gasteiger partial charge in [-0.1, -0.05) is 0 Å². The van der Waals surface area contributed by atoms with Gasteiger partial charge in [-0.3, -0.25) is 14.5 Å². The zero-order chi connectivity index (χ0) is 18.8. The van der Waals surface area contributed by atoms with Crippen molar-refractivity contribution in [3.8, 4) is 0 Å². The normalized spacial score (nSPS) is 25.8. The second-order valence-electron chi connectivity index (χ2n) is 7.62. The highest BCUT2D eigenvalue weighted by molar-refractivity contribution is 7.98. The highest BCUT2D eigenvalue weighted by Gasteiger charge is 2.40. The van der Waals surface area contributed by atoms with Gasteiger partial charge in [0.1, 0.15) is 0 Å². The Morgan fingerprint density at radius 2 is 1.82 bits per heavy atom. The first-order valence-electron chi connectivity index (χ1n) is 9.83. The van der Waals surface area contributed by atoms with E-state index in [1.54, 1.807) is 16.7 Å². The molecule has 1 aromatic carbocycles. The highest BCUT2D eigenvalue weighted by atomic mass is 35.5. The molecule has 2 amide bonds. The predicted octanol–water partition coefficient (Wildman–Crippen LogP) is 1.69. The van der Waals surface area contributed by atoms with Crippen molar-refractivity contribution in [3.05, 3.63) is 24.3 Å². The van der Waals surface area contributed by atoms with Crippen LogP contribution >= 0.6 is 24.2 Å². The zero-order valence-corrected chi connectivity index (χ0v) is 17.9. The molecule has 6 nitrogen and oxygen atoms in total. The van der Waals surface area contributed by atoms with Crippen LogP contribution in [0.15, 0.2) is 29.2 Å². The lowest BCUT2D eigenvalue weighted by atomic mass is 10.1. The van der Waals surface area contributed by atoms with Gasteiger partial charge in [0.15, 0.2) is 0 Å². The summed E-state index contributed by atoms with van der Waals surface area (Å²) in [6.45, 7) is 6.33. The van der Waals surface area contributed by atoms with Gasteiger partial charge in [-0.25, -0.2) is 0 Å². The Balaban J connectivity index is 0.00000225. The van der Waals surface area contributed by atoms with Gasteiger partial charge in [0.2, 0.25) is 11.8 Å². The second-order valence-corrected chi connectivity index (χ2v) is 8.50. The molecule has 3 aliphatic heterocycles. The van der Waals surface area contributed by atoms with Gasteiger partial charge in [0, 0.05) is 68.9 Å². The number of halogens is 1. The average Bonchev–Trinajstić information content (AvgIpc) is 3.35. The largest absolute Gasteiger partial charge is 0.341 e. The van der Waals surface area contributed by atoms with Crippen LogP contribution in [0, 0.1) is 5.92 Å². The molecule has 3 fully saturated rings. The van der Waals surface area contributed by atoms with Crippen LogP contribution in [0.2, 0.25) is 0 Å². The summed E-state index contributed by atoms with van der Waals surface area (Å²) in [5.74, 6) is 0.00632. The molecule has 0 aliphatic carbocycles. The van der Waals surface area contributed by atoms with Crippen molar-refractivity contribution in [2.45, 2.75) is 23.8 Å². The summed E-state index contributed by atoms with van der Waals surface area (Å²) < 4.78 is 0. The molecule has 0 saturated carbocycles. The van der Waals surface area contributed by atoms with Crippen LogP contribution in [0.4, 0.5) is 5.69 Å². The van der Waals surface area contributed by atoms with E-state index >= 15 is 0 Å². The first-order valence-corrected chi connectivity index (χ1v) is 11.1. The monoisotopic (exact) mass is 424 g/mol. The highest BCUT2D eigenvalue weighted by Crippen LogP contribution is 2.29. The number of carbonyl (C=O) groups excluding carboxylic acids is 2. The number of piperazine rings is 1. The first-order chi connectivity index (χ1) is 13.2. The minimum Gasteiger partial charge on any atom is -0.341 e. The van der Waals surface area contributed by atoms with Crippen molar-refractivity contribution in [2.75, 3.05) is 57.0 Å². The molecule has 2 unspecified atom stereocenters. The lowest BCUT2D eigenvalue weighted by Gasteiger charge is -2.32. The third-order valence-electron chi connectivity index (χ3n) is 6.00. The smallest absolute Gasteiger partial charge is 0.228 e. The lowest BCUT2D eigenvalue weighted by Crippen LogP contribution is -2.49. The molecule has 2 atom stereocenters. The summed E-state index contributed by atoms with van der Waals surface area (Å²) in [7, 11) is 0. The summed E-state index contributed by atoms with van der Waals surface area (Å²) in [4.78, 5) is 33.0. The molecule has 1 N–H and O–H groups in total. The van der Waals surface area contributed by atoms with Crippen LogP contribution in [0.3, 0.4) is 0 Å². The van der Waals surface area contributed by atoms with Crippen molar-refractivity contribution >= 4 is 41.7 Å². The van der Waals surface area contributed by atoms with Crippen molar-refractivity contribution in [2.24, 2.45) is 5.92 Å². The third kappa shape index (κ3) is 4.48. The Kier molecular flexibility index (Phi) is 7.25. The van der Waals surface area contributed by atoms with Crippen molar-refractivity contribution in [3.63, 3.8) is 0 Å². The topological polar surface area (TPSA) is 55.9 Å². The number of hydrogen-bond donors (Lipinski definition) is 1. The van der Waals surface area contributed by atoms with E-state index in [0.717, 1.165) is 51.4 Å². The van der Waals surface area contributed by atoms with E-state index in [2.05, 4.69) is 10.2 Å². The number of amides is 2. The van der Waals surface area contributed by atoms with E-state index in [4.69, 9.17) is 0 Å². The quantitative estimate of drug-likeness (QED) is 0.745. The molecule has 4 rings (SSSR count). The molecule has 3 aliphatic rings. The number of benzene rings is 1. The number of nitrogens with zero attached hydrogens (tertiary/aromatic N) is 3. The molecule has 0 aromatic heterocycles. The molecule has 0 radical (unpaired) electrons. The average molecular weight is 425 g/mol. The first kappa shape index (κ1) is 21.4. The lowest BCUT2D eigenvalue weighted by molar-refractivity contribution is -0.135. The van der Waals surface area contributed by atoms with E-state index in [9.17, 15) is 9.59 Å². The fourth-order valence-electron chi connectivity index (χ4n) is 4.43. The van der Waals surface area contributed by atoms with Gasteiger partial charge in [-0.05, 0) is 36.9 Å². The van der Waals surface area contributed by atoms with Crippen molar-refractivity contribution < 1.29 is 9.59 Å². The Morgan fingerprint density at radius 3 is 2.50 bits per heavy atom. The molecule has 28 heavy (non-hydrogen) atoms. The number of nitrogens with one attached hydrogen (secondary N) is 1. The number of rotatable bonds is 4. The van der Waals surface area contributed by atoms with E-state index in [1.165, 1.54) is 4.90 Å². The molecule has 154 valence electrons. The van der Waals surface area contributed by atoms with E-state index in [1.807, 2.05) is 35.4 Å². The summed E-state index contributed by atoms with van der Waals surface area (Å²) in [6, 6.07) is 8.49. The van der Waals surface area contributed by atoms with Crippen molar-refractivity contribution in [1.82, 2.24) is 15.1 Å². The van der Waals surface area contributed by atoms with E-state index in [-0.39, 0.29) is 30.1 Å². The maximum absolute atomic E-state index is 13.0. The fraction of sp³-hybridized carbons (Fsp3) is 0.600. The summed E-state index contributed by atoms with van der Waals surface area (Å²) in [5, 5.41) is 3.38. The van der Waals surface area contributed by atoms with Crippen LogP contribution in [-0.2, 0) is 9.59 Å². The summed E-state index contributed by atoms with van der Waals surface area (Å²) in [5.41, 5.74) is 0.896. The number of hydrogen-bond acceptors (Lipinski definition) is 5. The Hall–Kier alpha value is -1.28. The molecule has 1 aromatic rings. The molecule has 3 heterocycles. The zero-order valence-electron chi connectivity index (χ0n) is 16.3. The summed E-state index contributed by atoms with van der Waals surface area (Å²) >= 11 is 1.68. The van der Waals surface area contributed by atoms with Gasteiger partial charge >= 0.3 is 0 Å². The SMILES string of the molecule is CSc1ccc(N2CC(C(=O)N3CCC(N4CCNCC4)C3)CC2=O)cc1.Cl. The Morgan fingerprint density at radius 1 is 1.11 bits per heavy atom. The number of carbonyl (C=O) groups is 2. The minimum atomic E-state index is -0.209. The second kappa shape index (κ2) is 9.48. The van der Waals surface area contributed by atoms with Gasteiger partial charge in [0.05, 0.1) is 5.92 Å². The van der Waals surface area contributed by atoms with Gasteiger partial charge in [-0.2, -0.15) is 0 Å². The molecule has 3 saturated heterocycles. The molecule has 0 spiro atoms. The molecular formula is C20H29ClN4O2S. The predicted molar refractivity (Wildman–Crippen MR) is 115 cm³/mol. The maximum atomic E-state index is 13.0. The van der Waals surface area contributed by atoms with Crippen LogP contribution < -0.4 is 10.2 Å². The van der Waals surface area contributed by atoms with Crippen molar-refractivity contribution in [1.29, 1.82) is 0 Å². The Labute approximate surface area is 177 Å². The molecule has 8 heteroatoms. The van der Waals surface area contributed by atoms with Crippen LogP contribution in [0.1, 0.15) is 12.8 Å². The van der Waals surface area contributed by atoms with Gasteiger partial charge < -0.3 is 15.1 Å². The molecular weight excluding hydrogens is 396 g/mol. The Bertz CT molecular complexity index is 696. The van der Waals surface area contributed by atoms with Gasteiger partial charge in [0.25, 0.3) is 0 Å². The van der Waals surface area contributed by atoms with Crippen LogP contribution in [-0.4, -0.2) is 79.7 Å². The number of likely N-dealkylation sites (tertiary alicyclic amines) is 1. The number of anilines is 1. The van der Waals surface area contributed by atoms with Crippen LogP contribution in [0.25, 0.3) is 0 Å². The van der Waals surface area contributed by atoms with Crippen LogP contribution in [0.5, 0.6) is 0 Å². The maximum Gasteiger partial charge on any atom is 0.228 e. The van der Waals surface area contributed by atoms with Gasteiger partial charge in [-0.15, -0.1) is 24.2 Å².